The Morgan fingerprint density at radius 1 is 0.643 bits per heavy atom. The minimum absolute atomic E-state index is 0.0693. The van der Waals surface area contributed by atoms with Gasteiger partial charge in [0, 0.05) is 19.3 Å². The van der Waals surface area contributed by atoms with Crippen LogP contribution in [0.3, 0.4) is 0 Å². The summed E-state index contributed by atoms with van der Waals surface area (Å²) in [4.78, 5) is 40.2. The molecule has 1 atom stereocenters. The number of unbranched alkanes of at least 4 members (excludes halogenated alkanes) is 12. The van der Waals surface area contributed by atoms with E-state index in [2.05, 4.69) is 13.8 Å². The van der Waals surface area contributed by atoms with Crippen molar-refractivity contribution in [1.82, 2.24) is 4.90 Å². The predicted octanol–water partition coefficient (Wildman–Crippen LogP) is 8.90. The average Bonchev–Trinajstić information content (AvgIpc) is 3.00. The highest BCUT2D eigenvalue weighted by molar-refractivity contribution is 5.99. The molecule has 0 aromatic heterocycles. The van der Waals surface area contributed by atoms with E-state index in [1.807, 2.05) is 54.6 Å². The molecule has 0 spiro atoms. The number of carboxylic acids is 1. The van der Waals surface area contributed by atoms with Gasteiger partial charge in [-0.15, -0.1) is 0 Å². The number of benzene rings is 2. The van der Waals surface area contributed by atoms with Crippen molar-refractivity contribution in [2.24, 2.45) is 0 Å². The van der Waals surface area contributed by atoms with Crippen LogP contribution in [0.25, 0.3) is 0 Å². The zero-order chi connectivity index (χ0) is 30.4. The van der Waals surface area contributed by atoms with Crippen LogP contribution in [0.4, 0.5) is 0 Å². The van der Waals surface area contributed by atoms with E-state index in [-0.39, 0.29) is 31.1 Å². The smallest absolute Gasteiger partial charge is 0.327 e. The first-order valence-electron chi connectivity index (χ1n) is 16.3. The fourth-order valence-corrected chi connectivity index (χ4v) is 5.17. The van der Waals surface area contributed by atoms with E-state index >= 15 is 0 Å². The van der Waals surface area contributed by atoms with Crippen LogP contribution in [0.5, 0.6) is 5.75 Å². The van der Waals surface area contributed by atoms with E-state index in [1.165, 1.54) is 38.5 Å². The van der Waals surface area contributed by atoms with E-state index in [0.717, 1.165) is 54.6 Å². The van der Waals surface area contributed by atoms with Crippen molar-refractivity contribution < 1.29 is 24.2 Å². The van der Waals surface area contributed by atoms with E-state index in [0.29, 0.717) is 25.2 Å². The van der Waals surface area contributed by atoms with Gasteiger partial charge in [0.2, 0.25) is 11.8 Å². The van der Waals surface area contributed by atoms with Gasteiger partial charge >= 0.3 is 5.97 Å². The molecule has 0 bridgehead atoms. The minimum Gasteiger partial charge on any atom is -0.489 e. The first-order valence-corrected chi connectivity index (χ1v) is 16.3. The monoisotopic (exact) mass is 579 g/mol. The maximum atomic E-state index is 13.4. The van der Waals surface area contributed by atoms with Gasteiger partial charge in [0.1, 0.15) is 18.4 Å². The van der Waals surface area contributed by atoms with Gasteiger partial charge in [0.25, 0.3) is 0 Å². The van der Waals surface area contributed by atoms with E-state index in [4.69, 9.17) is 4.74 Å². The number of rotatable bonds is 23. The first kappa shape index (κ1) is 35.0. The topological polar surface area (TPSA) is 83.9 Å². The molecule has 0 aliphatic rings. The van der Waals surface area contributed by atoms with Crippen molar-refractivity contribution in [1.29, 1.82) is 0 Å². The van der Waals surface area contributed by atoms with Gasteiger partial charge < -0.3 is 9.84 Å². The van der Waals surface area contributed by atoms with Crippen molar-refractivity contribution in [3.8, 4) is 5.75 Å². The number of carbonyl (C=O) groups is 3. The van der Waals surface area contributed by atoms with E-state index < -0.39 is 12.0 Å². The maximum absolute atomic E-state index is 13.4. The Morgan fingerprint density at radius 3 is 1.60 bits per heavy atom. The zero-order valence-corrected chi connectivity index (χ0v) is 26.0. The molecule has 0 radical (unpaired) electrons. The molecule has 0 aliphatic heterocycles. The number of hydrogen-bond acceptors (Lipinski definition) is 4. The second kappa shape index (κ2) is 21.5. The first-order chi connectivity index (χ1) is 20.5. The van der Waals surface area contributed by atoms with Crippen LogP contribution in [0, 0.1) is 0 Å². The van der Waals surface area contributed by atoms with Crippen molar-refractivity contribution >= 4 is 17.8 Å². The van der Waals surface area contributed by atoms with Crippen molar-refractivity contribution in [2.45, 2.75) is 136 Å². The number of carboxylic acid groups (broad SMARTS) is 1. The van der Waals surface area contributed by atoms with Crippen LogP contribution in [0.2, 0.25) is 0 Å². The predicted molar refractivity (Wildman–Crippen MR) is 169 cm³/mol. The maximum Gasteiger partial charge on any atom is 0.327 e. The summed E-state index contributed by atoms with van der Waals surface area (Å²) >= 11 is 0. The number of ether oxygens (including phenoxy) is 1. The molecule has 6 nitrogen and oxygen atoms in total. The molecule has 42 heavy (non-hydrogen) atoms. The third kappa shape index (κ3) is 14.2. The molecule has 2 aromatic carbocycles. The largest absolute Gasteiger partial charge is 0.489 e. The SMILES string of the molecule is CCCCCCCCCC(=O)N(C(=O)CCCCCCCCC)[C@@H](Cc1ccc(OCc2ccccc2)cc1)C(=O)O. The summed E-state index contributed by atoms with van der Waals surface area (Å²) in [6, 6.07) is 15.9. The van der Waals surface area contributed by atoms with Crippen LogP contribution in [0.1, 0.15) is 128 Å². The molecule has 0 heterocycles. The van der Waals surface area contributed by atoms with E-state index in [1.54, 1.807) is 0 Å². The van der Waals surface area contributed by atoms with Crippen LogP contribution in [-0.2, 0) is 27.4 Å². The lowest BCUT2D eigenvalue weighted by atomic mass is 10.0. The Kier molecular flexibility index (Phi) is 18.0. The van der Waals surface area contributed by atoms with Gasteiger partial charge in [-0.2, -0.15) is 0 Å². The van der Waals surface area contributed by atoms with Gasteiger partial charge in [-0.3, -0.25) is 14.5 Å². The Hall–Kier alpha value is -3.15. The quantitative estimate of drug-likeness (QED) is 0.133. The number of imide groups is 1. The fourth-order valence-electron chi connectivity index (χ4n) is 5.17. The Labute approximate surface area is 253 Å². The van der Waals surface area contributed by atoms with Crippen molar-refractivity contribution in [3.63, 3.8) is 0 Å². The summed E-state index contributed by atoms with van der Waals surface area (Å²) in [5, 5.41) is 10.2. The number of nitrogens with zero attached hydrogens (tertiary/aromatic N) is 1. The highest BCUT2D eigenvalue weighted by Crippen LogP contribution is 2.20. The molecule has 2 rings (SSSR count). The second-order valence-electron chi connectivity index (χ2n) is 11.4. The normalized spacial score (nSPS) is 11.7. The Balaban J connectivity index is 2.02. The third-order valence-electron chi connectivity index (χ3n) is 7.72. The number of carbonyl (C=O) groups excluding carboxylic acids is 2. The van der Waals surface area contributed by atoms with Crippen LogP contribution >= 0.6 is 0 Å². The van der Waals surface area contributed by atoms with Gasteiger partial charge in [-0.05, 0) is 36.1 Å². The minimum atomic E-state index is -1.23. The molecular formula is C36H53NO5. The molecule has 0 fully saturated rings. The van der Waals surface area contributed by atoms with Crippen molar-refractivity contribution in [2.75, 3.05) is 0 Å². The number of aliphatic carboxylic acids is 1. The van der Waals surface area contributed by atoms with Gasteiger partial charge in [-0.1, -0.05) is 133 Å². The van der Waals surface area contributed by atoms with Gasteiger partial charge in [0.05, 0.1) is 0 Å². The summed E-state index contributed by atoms with van der Waals surface area (Å²) in [5.74, 6) is -1.21. The molecule has 0 unspecified atom stereocenters. The lowest BCUT2D eigenvalue weighted by molar-refractivity contribution is -0.158. The number of hydrogen-bond donors (Lipinski definition) is 1. The summed E-state index contributed by atoms with van der Waals surface area (Å²) in [7, 11) is 0. The van der Waals surface area contributed by atoms with E-state index in [9.17, 15) is 19.5 Å². The average molecular weight is 580 g/mol. The van der Waals surface area contributed by atoms with Crippen molar-refractivity contribution in [3.05, 3.63) is 65.7 Å². The van der Waals surface area contributed by atoms with Crippen LogP contribution in [0.15, 0.2) is 54.6 Å². The lowest BCUT2D eigenvalue weighted by Crippen LogP contribution is -2.49. The molecule has 1 N–H and O–H groups in total. The lowest BCUT2D eigenvalue weighted by Gasteiger charge is -2.28. The molecule has 232 valence electrons. The highest BCUT2D eigenvalue weighted by Gasteiger charge is 2.34. The molecule has 2 amide bonds. The van der Waals surface area contributed by atoms with Gasteiger partial charge in [-0.25, -0.2) is 4.79 Å². The number of amides is 2. The Bertz CT molecular complexity index is 991. The summed E-state index contributed by atoms with van der Waals surface area (Å²) in [6.45, 7) is 4.81. The van der Waals surface area contributed by atoms with Gasteiger partial charge in [0.15, 0.2) is 0 Å². The highest BCUT2D eigenvalue weighted by atomic mass is 16.5. The molecule has 0 saturated carbocycles. The second-order valence-corrected chi connectivity index (χ2v) is 11.4. The van der Waals surface area contributed by atoms with Crippen LogP contribution in [-0.4, -0.2) is 33.8 Å². The molecule has 0 saturated heterocycles. The summed E-state index contributed by atoms with van der Waals surface area (Å²) in [5.41, 5.74) is 1.80. The molecule has 2 aromatic rings. The molecular weight excluding hydrogens is 526 g/mol. The summed E-state index contributed by atoms with van der Waals surface area (Å²) < 4.78 is 5.86. The fraction of sp³-hybridized carbons (Fsp3) is 0.583. The van der Waals surface area contributed by atoms with Crippen LogP contribution < -0.4 is 4.74 Å². The standard InChI is InChI=1S/C36H53NO5/c1-3-5-7-9-11-13-18-22-34(38)37(35(39)23-19-14-12-10-8-6-4-2)33(36(40)41)28-30-24-26-32(27-25-30)42-29-31-20-16-15-17-21-31/h15-17,20-21,24-27,33H,3-14,18-19,22-23,28-29H2,1-2H3,(H,40,41)/t33-/m0/s1. The zero-order valence-electron chi connectivity index (χ0n) is 26.0. The molecule has 6 heteroatoms. The molecule has 0 aliphatic carbocycles. The Morgan fingerprint density at radius 2 is 1.12 bits per heavy atom. The summed E-state index contributed by atoms with van der Waals surface area (Å²) in [6.07, 6.45) is 15.3. The third-order valence-corrected chi connectivity index (χ3v) is 7.72.